The molecule has 0 saturated heterocycles. The fraction of sp³-hybridized carbons (Fsp3) is 0.160. The van der Waals surface area contributed by atoms with Crippen LogP contribution in [0, 0.1) is 0 Å². The standard InChI is InChI=1S/C25H24N2O4S/c1-31-23-12-10-22(11-13-23)26-32(29,30)24-9-5-8-21(18-24)25(28)27-16-14-20(15-17-27)19-6-3-2-4-7-19/h2-14,18,26H,15-17H2,1H3. The van der Waals surface area contributed by atoms with Crippen LogP contribution in [0.15, 0.2) is 89.8 Å². The van der Waals surface area contributed by atoms with E-state index < -0.39 is 10.0 Å². The van der Waals surface area contributed by atoms with Gasteiger partial charge in [0, 0.05) is 24.3 Å². The summed E-state index contributed by atoms with van der Waals surface area (Å²) in [5, 5.41) is 0. The molecule has 1 amide bonds. The number of sulfonamides is 1. The van der Waals surface area contributed by atoms with Gasteiger partial charge in [-0.05, 0) is 60.0 Å². The van der Waals surface area contributed by atoms with Crippen molar-refractivity contribution in [2.24, 2.45) is 0 Å². The molecule has 0 unspecified atom stereocenters. The van der Waals surface area contributed by atoms with Crippen molar-refractivity contribution in [1.82, 2.24) is 4.90 Å². The molecule has 0 atom stereocenters. The van der Waals surface area contributed by atoms with Crippen LogP contribution in [0.25, 0.3) is 5.57 Å². The number of amides is 1. The van der Waals surface area contributed by atoms with Gasteiger partial charge in [-0.15, -0.1) is 0 Å². The average Bonchev–Trinajstić information content (AvgIpc) is 2.84. The first-order valence-electron chi connectivity index (χ1n) is 10.3. The van der Waals surface area contributed by atoms with E-state index in [1.165, 1.54) is 17.7 Å². The van der Waals surface area contributed by atoms with Crippen molar-refractivity contribution in [3.05, 3.63) is 96.1 Å². The molecule has 0 aromatic heterocycles. The Morgan fingerprint density at radius 3 is 2.38 bits per heavy atom. The maximum absolute atomic E-state index is 13.0. The van der Waals surface area contributed by atoms with Crippen molar-refractivity contribution in [1.29, 1.82) is 0 Å². The number of methoxy groups -OCH3 is 1. The molecule has 0 aliphatic carbocycles. The van der Waals surface area contributed by atoms with Crippen LogP contribution in [0.3, 0.4) is 0 Å². The van der Waals surface area contributed by atoms with Gasteiger partial charge >= 0.3 is 0 Å². The molecule has 1 N–H and O–H groups in total. The molecule has 1 aliphatic rings. The molecule has 0 fully saturated rings. The third-order valence-electron chi connectivity index (χ3n) is 5.37. The highest BCUT2D eigenvalue weighted by Crippen LogP contribution is 2.24. The van der Waals surface area contributed by atoms with Gasteiger partial charge < -0.3 is 9.64 Å². The lowest BCUT2D eigenvalue weighted by Gasteiger charge is -2.27. The topological polar surface area (TPSA) is 75.7 Å². The van der Waals surface area contributed by atoms with Gasteiger partial charge in [-0.3, -0.25) is 9.52 Å². The van der Waals surface area contributed by atoms with Gasteiger partial charge in [0.15, 0.2) is 0 Å². The summed E-state index contributed by atoms with van der Waals surface area (Å²) in [7, 11) is -2.29. The van der Waals surface area contributed by atoms with Crippen LogP contribution in [-0.4, -0.2) is 39.4 Å². The minimum absolute atomic E-state index is 0.0386. The van der Waals surface area contributed by atoms with Crippen molar-refractivity contribution < 1.29 is 17.9 Å². The number of ether oxygens (including phenoxy) is 1. The van der Waals surface area contributed by atoms with Gasteiger partial charge in [0.2, 0.25) is 0 Å². The van der Waals surface area contributed by atoms with E-state index in [2.05, 4.69) is 22.9 Å². The zero-order chi connectivity index (χ0) is 22.6. The number of rotatable bonds is 6. The van der Waals surface area contributed by atoms with E-state index >= 15 is 0 Å². The lowest BCUT2D eigenvalue weighted by Crippen LogP contribution is -2.34. The molecule has 0 radical (unpaired) electrons. The van der Waals surface area contributed by atoms with Gasteiger partial charge in [0.1, 0.15) is 5.75 Å². The molecule has 3 aromatic rings. The van der Waals surface area contributed by atoms with Crippen LogP contribution in [0.5, 0.6) is 5.75 Å². The lowest BCUT2D eigenvalue weighted by molar-refractivity contribution is 0.0772. The molecule has 164 valence electrons. The van der Waals surface area contributed by atoms with E-state index in [-0.39, 0.29) is 10.8 Å². The highest BCUT2D eigenvalue weighted by atomic mass is 32.2. The summed E-state index contributed by atoms with van der Waals surface area (Å²) >= 11 is 0. The van der Waals surface area contributed by atoms with Crippen LogP contribution in [0.2, 0.25) is 0 Å². The Balaban J connectivity index is 1.48. The first-order chi connectivity index (χ1) is 15.5. The quantitative estimate of drug-likeness (QED) is 0.606. The second-order valence-electron chi connectivity index (χ2n) is 7.46. The Labute approximate surface area is 188 Å². The molecule has 1 heterocycles. The lowest BCUT2D eigenvalue weighted by atomic mass is 9.99. The van der Waals surface area contributed by atoms with Gasteiger partial charge in [-0.1, -0.05) is 42.5 Å². The molecular formula is C25H24N2O4S. The molecule has 0 spiro atoms. The highest BCUT2D eigenvalue weighted by Gasteiger charge is 2.22. The SMILES string of the molecule is COc1ccc(NS(=O)(=O)c2cccc(C(=O)N3CC=C(c4ccccc4)CC3)c2)cc1. The molecule has 32 heavy (non-hydrogen) atoms. The van der Waals surface area contributed by atoms with E-state index in [4.69, 9.17) is 4.74 Å². The van der Waals surface area contributed by atoms with Crippen molar-refractivity contribution in [3.8, 4) is 5.75 Å². The summed E-state index contributed by atoms with van der Waals surface area (Å²) in [4.78, 5) is 14.8. The Kier molecular flexibility index (Phi) is 6.28. The first kappa shape index (κ1) is 21.6. The maximum atomic E-state index is 13.0. The second kappa shape index (κ2) is 9.28. The fourth-order valence-corrected chi connectivity index (χ4v) is 4.72. The summed E-state index contributed by atoms with van der Waals surface area (Å²) in [6, 6.07) is 22.8. The molecule has 7 heteroatoms. The highest BCUT2D eigenvalue weighted by molar-refractivity contribution is 7.92. The first-order valence-corrected chi connectivity index (χ1v) is 11.8. The number of benzene rings is 3. The summed E-state index contributed by atoms with van der Waals surface area (Å²) in [6.07, 6.45) is 2.81. The third-order valence-corrected chi connectivity index (χ3v) is 6.75. The normalized spacial score (nSPS) is 13.9. The molecule has 4 rings (SSSR count). The van der Waals surface area contributed by atoms with E-state index in [1.54, 1.807) is 48.4 Å². The number of hydrogen-bond donors (Lipinski definition) is 1. The van der Waals surface area contributed by atoms with Crippen LogP contribution in [0.1, 0.15) is 22.3 Å². The number of nitrogens with zero attached hydrogens (tertiary/aromatic N) is 1. The predicted molar refractivity (Wildman–Crippen MR) is 125 cm³/mol. The Morgan fingerprint density at radius 2 is 1.72 bits per heavy atom. The van der Waals surface area contributed by atoms with E-state index in [9.17, 15) is 13.2 Å². The smallest absolute Gasteiger partial charge is 0.261 e. The number of carbonyl (C=O) groups is 1. The van der Waals surface area contributed by atoms with Crippen LogP contribution >= 0.6 is 0 Å². The summed E-state index contributed by atoms with van der Waals surface area (Å²) in [6.45, 7) is 1.07. The van der Waals surface area contributed by atoms with Crippen molar-refractivity contribution >= 4 is 27.2 Å². The van der Waals surface area contributed by atoms with Crippen LogP contribution < -0.4 is 9.46 Å². The fourth-order valence-electron chi connectivity index (χ4n) is 3.62. The molecule has 0 saturated carbocycles. The summed E-state index contributed by atoms with van der Waals surface area (Å²) in [5.74, 6) is 0.446. The minimum Gasteiger partial charge on any atom is -0.497 e. The Bertz CT molecular complexity index is 1240. The summed E-state index contributed by atoms with van der Waals surface area (Å²) in [5.41, 5.74) is 3.14. The molecule has 3 aromatic carbocycles. The van der Waals surface area contributed by atoms with Gasteiger partial charge in [-0.25, -0.2) is 8.42 Å². The van der Waals surface area contributed by atoms with Gasteiger partial charge in [0.25, 0.3) is 15.9 Å². The van der Waals surface area contributed by atoms with E-state index in [0.29, 0.717) is 30.1 Å². The largest absolute Gasteiger partial charge is 0.497 e. The number of nitrogens with one attached hydrogen (secondary N) is 1. The van der Waals surface area contributed by atoms with Crippen molar-refractivity contribution in [2.75, 3.05) is 24.9 Å². The van der Waals surface area contributed by atoms with Crippen LogP contribution in [0.4, 0.5) is 5.69 Å². The number of carbonyl (C=O) groups excluding carboxylic acids is 1. The number of anilines is 1. The van der Waals surface area contributed by atoms with Crippen molar-refractivity contribution in [2.45, 2.75) is 11.3 Å². The maximum Gasteiger partial charge on any atom is 0.261 e. The molecule has 6 nitrogen and oxygen atoms in total. The second-order valence-corrected chi connectivity index (χ2v) is 9.14. The van der Waals surface area contributed by atoms with E-state index in [0.717, 1.165) is 12.0 Å². The zero-order valence-corrected chi connectivity index (χ0v) is 18.5. The molecular weight excluding hydrogens is 424 g/mol. The number of hydrogen-bond acceptors (Lipinski definition) is 4. The summed E-state index contributed by atoms with van der Waals surface area (Å²) < 4.78 is 33.3. The zero-order valence-electron chi connectivity index (χ0n) is 17.7. The Morgan fingerprint density at radius 1 is 0.969 bits per heavy atom. The third kappa shape index (κ3) is 4.84. The average molecular weight is 449 g/mol. The minimum atomic E-state index is -3.84. The Hall–Kier alpha value is -3.58. The molecule has 1 aliphatic heterocycles. The van der Waals surface area contributed by atoms with Gasteiger partial charge in [-0.2, -0.15) is 0 Å². The van der Waals surface area contributed by atoms with Crippen LogP contribution in [-0.2, 0) is 10.0 Å². The monoisotopic (exact) mass is 448 g/mol. The molecule has 0 bridgehead atoms. The van der Waals surface area contributed by atoms with Gasteiger partial charge in [0.05, 0.1) is 12.0 Å². The van der Waals surface area contributed by atoms with E-state index in [1.807, 2.05) is 18.2 Å². The van der Waals surface area contributed by atoms with Crippen molar-refractivity contribution in [3.63, 3.8) is 0 Å². The predicted octanol–water partition coefficient (Wildman–Crippen LogP) is 4.43.